The van der Waals surface area contributed by atoms with Crippen molar-refractivity contribution in [3.63, 3.8) is 0 Å². The van der Waals surface area contributed by atoms with Gasteiger partial charge < -0.3 is 10.4 Å². The summed E-state index contributed by atoms with van der Waals surface area (Å²) in [6.07, 6.45) is 0.561. The van der Waals surface area contributed by atoms with Crippen molar-refractivity contribution in [1.29, 1.82) is 0 Å². The number of fused-ring (bicyclic) bond motifs is 1. The Morgan fingerprint density at radius 2 is 2.31 bits per heavy atom. The van der Waals surface area contributed by atoms with Gasteiger partial charge in [-0.15, -0.1) is 0 Å². The van der Waals surface area contributed by atoms with Crippen molar-refractivity contribution in [2.75, 3.05) is 11.9 Å². The second-order valence-electron chi connectivity index (χ2n) is 3.14. The Kier molecular flexibility index (Phi) is 2.02. The van der Waals surface area contributed by atoms with Gasteiger partial charge in [-0.2, -0.15) is 0 Å². The molecule has 1 aromatic carbocycles. The number of hydrogen-bond acceptors (Lipinski definition) is 3. The van der Waals surface area contributed by atoms with Crippen molar-refractivity contribution in [1.82, 2.24) is 0 Å². The quantitative estimate of drug-likeness (QED) is 0.677. The van der Waals surface area contributed by atoms with Crippen molar-refractivity contribution in [2.45, 2.75) is 13.0 Å². The maximum atomic E-state index is 11.4. The lowest BCUT2D eigenvalue weighted by molar-refractivity contribution is 0.0983. The molecule has 0 radical (unpaired) electrons. The highest BCUT2D eigenvalue weighted by Crippen LogP contribution is 2.22. The summed E-state index contributed by atoms with van der Waals surface area (Å²) in [5.41, 5.74) is 2.42. The minimum Gasteiger partial charge on any atom is -0.392 e. The number of benzene rings is 1. The molecule has 1 aliphatic heterocycles. The van der Waals surface area contributed by atoms with E-state index in [1.807, 2.05) is 6.07 Å². The SMILES string of the molecule is O=C1CCNc2cc(CO)ccc21. The summed E-state index contributed by atoms with van der Waals surface area (Å²) in [7, 11) is 0. The molecule has 0 spiro atoms. The molecule has 0 saturated heterocycles. The largest absolute Gasteiger partial charge is 0.392 e. The zero-order valence-corrected chi connectivity index (χ0v) is 7.21. The second kappa shape index (κ2) is 3.18. The van der Waals surface area contributed by atoms with Gasteiger partial charge in [-0.25, -0.2) is 0 Å². The van der Waals surface area contributed by atoms with Gasteiger partial charge in [0.2, 0.25) is 0 Å². The fraction of sp³-hybridized carbons (Fsp3) is 0.300. The molecule has 2 rings (SSSR count). The Balaban J connectivity index is 2.45. The fourth-order valence-electron chi connectivity index (χ4n) is 1.52. The smallest absolute Gasteiger partial charge is 0.166 e. The van der Waals surface area contributed by atoms with E-state index in [9.17, 15) is 4.79 Å². The number of rotatable bonds is 1. The van der Waals surface area contributed by atoms with Crippen LogP contribution in [0.15, 0.2) is 18.2 Å². The molecule has 0 bridgehead atoms. The topological polar surface area (TPSA) is 49.3 Å². The molecule has 13 heavy (non-hydrogen) atoms. The summed E-state index contributed by atoms with van der Waals surface area (Å²) >= 11 is 0. The van der Waals surface area contributed by atoms with Crippen LogP contribution in [-0.2, 0) is 6.61 Å². The van der Waals surface area contributed by atoms with Gasteiger partial charge in [0.1, 0.15) is 0 Å². The van der Waals surface area contributed by atoms with Crippen LogP contribution in [0.3, 0.4) is 0 Å². The number of aliphatic hydroxyl groups excluding tert-OH is 1. The summed E-state index contributed by atoms with van der Waals surface area (Å²) in [5.74, 6) is 0.179. The Morgan fingerprint density at radius 3 is 3.08 bits per heavy atom. The average molecular weight is 177 g/mol. The number of carbonyl (C=O) groups excluding carboxylic acids is 1. The summed E-state index contributed by atoms with van der Waals surface area (Å²) in [6, 6.07) is 5.38. The van der Waals surface area contributed by atoms with Crippen LogP contribution in [0, 0.1) is 0 Å². The zero-order valence-electron chi connectivity index (χ0n) is 7.21. The monoisotopic (exact) mass is 177 g/mol. The highest BCUT2D eigenvalue weighted by molar-refractivity contribution is 6.03. The number of anilines is 1. The van der Waals surface area contributed by atoms with Gasteiger partial charge >= 0.3 is 0 Å². The maximum Gasteiger partial charge on any atom is 0.166 e. The van der Waals surface area contributed by atoms with Crippen LogP contribution in [0.4, 0.5) is 5.69 Å². The van der Waals surface area contributed by atoms with Crippen LogP contribution in [-0.4, -0.2) is 17.4 Å². The van der Waals surface area contributed by atoms with Gasteiger partial charge in [0.25, 0.3) is 0 Å². The lowest BCUT2D eigenvalue weighted by Gasteiger charge is -2.17. The molecule has 1 aromatic rings. The van der Waals surface area contributed by atoms with E-state index in [0.29, 0.717) is 13.0 Å². The molecular formula is C10H11NO2. The number of carbonyl (C=O) groups is 1. The van der Waals surface area contributed by atoms with E-state index in [1.165, 1.54) is 0 Å². The molecular weight excluding hydrogens is 166 g/mol. The molecule has 0 aromatic heterocycles. The van der Waals surface area contributed by atoms with Crippen molar-refractivity contribution < 1.29 is 9.90 Å². The molecule has 0 fully saturated rings. The first-order valence-electron chi connectivity index (χ1n) is 4.32. The maximum absolute atomic E-state index is 11.4. The predicted octanol–water partition coefficient (Wildman–Crippen LogP) is 1.18. The van der Waals surface area contributed by atoms with E-state index >= 15 is 0 Å². The lowest BCUT2D eigenvalue weighted by Crippen LogP contribution is -2.17. The van der Waals surface area contributed by atoms with Gasteiger partial charge in [-0.1, -0.05) is 6.07 Å². The number of hydrogen-bond donors (Lipinski definition) is 2. The Labute approximate surface area is 76.4 Å². The number of Topliss-reactive ketones (excluding diaryl/α,β-unsaturated/α-hetero) is 1. The molecule has 0 atom stereocenters. The van der Waals surface area contributed by atoms with Gasteiger partial charge in [0.05, 0.1) is 6.61 Å². The van der Waals surface area contributed by atoms with Crippen LogP contribution in [0.2, 0.25) is 0 Å². The summed E-state index contributed by atoms with van der Waals surface area (Å²) in [6.45, 7) is 0.712. The molecule has 1 heterocycles. The van der Waals surface area contributed by atoms with Gasteiger partial charge in [-0.05, 0) is 17.7 Å². The van der Waals surface area contributed by atoms with Crippen molar-refractivity contribution in [2.24, 2.45) is 0 Å². The van der Waals surface area contributed by atoms with Crippen molar-refractivity contribution in [3.05, 3.63) is 29.3 Å². The van der Waals surface area contributed by atoms with E-state index in [4.69, 9.17) is 5.11 Å². The van der Waals surface area contributed by atoms with Crippen LogP contribution < -0.4 is 5.32 Å². The number of nitrogens with one attached hydrogen (secondary N) is 1. The zero-order chi connectivity index (χ0) is 9.26. The van der Waals surface area contributed by atoms with Crippen LogP contribution >= 0.6 is 0 Å². The highest BCUT2D eigenvalue weighted by Gasteiger charge is 2.15. The Morgan fingerprint density at radius 1 is 1.46 bits per heavy atom. The van der Waals surface area contributed by atoms with Crippen LogP contribution in [0.5, 0.6) is 0 Å². The molecule has 3 heteroatoms. The molecule has 0 saturated carbocycles. The van der Waals surface area contributed by atoms with Crippen LogP contribution in [0.1, 0.15) is 22.3 Å². The molecule has 3 nitrogen and oxygen atoms in total. The Hall–Kier alpha value is -1.35. The van der Waals surface area contributed by atoms with E-state index in [-0.39, 0.29) is 12.4 Å². The summed E-state index contributed by atoms with van der Waals surface area (Å²) in [5, 5.41) is 12.0. The molecule has 0 unspecified atom stereocenters. The minimum atomic E-state index is 0.0170. The molecule has 0 amide bonds. The molecule has 1 aliphatic rings. The predicted molar refractivity (Wildman–Crippen MR) is 49.8 cm³/mol. The summed E-state index contributed by atoms with van der Waals surface area (Å²) in [4.78, 5) is 11.4. The van der Waals surface area contributed by atoms with E-state index in [1.54, 1.807) is 12.1 Å². The first-order valence-corrected chi connectivity index (χ1v) is 4.32. The first-order chi connectivity index (χ1) is 6.31. The highest BCUT2D eigenvalue weighted by atomic mass is 16.3. The van der Waals surface area contributed by atoms with Crippen molar-refractivity contribution in [3.8, 4) is 0 Å². The van der Waals surface area contributed by atoms with Crippen molar-refractivity contribution >= 4 is 11.5 Å². The lowest BCUT2D eigenvalue weighted by atomic mass is 10.0. The normalized spacial score (nSPS) is 15.0. The third-order valence-electron chi connectivity index (χ3n) is 2.23. The number of aliphatic hydroxyl groups is 1. The molecule has 2 N–H and O–H groups in total. The third-order valence-corrected chi connectivity index (χ3v) is 2.23. The minimum absolute atomic E-state index is 0.0170. The van der Waals surface area contributed by atoms with Gasteiger partial charge in [0, 0.05) is 24.2 Å². The van der Waals surface area contributed by atoms with Gasteiger partial charge in [0.15, 0.2) is 5.78 Å². The first kappa shape index (κ1) is 8.26. The average Bonchev–Trinajstić information content (AvgIpc) is 2.18. The molecule has 0 aliphatic carbocycles. The van der Waals surface area contributed by atoms with E-state index in [2.05, 4.69) is 5.32 Å². The molecule has 68 valence electrons. The van der Waals surface area contributed by atoms with Gasteiger partial charge in [-0.3, -0.25) is 4.79 Å². The van der Waals surface area contributed by atoms with Crippen LogP contribution in [0.25, 0.3) is 0 Å². The third kappa shape index (κ3) is 1.42. The number of ketones is 1. The standard InChI is InChI=1S/C10H11NO2/c12-6-7-1-2-8-9(5-7)11-4-3-10(8)13/h1-2,5,11-12H,3-4,6H2. The Bertz CT molecular complexity index is 347. The summed E-state index contributed by atoms with van der Waals surface area (Å²) < 4.78 is 0. The van der Waals surface area contributed by atoms with E-state index in [0.717, 1.165) is 16.8 Å². The fourth-order valence-corrected chi connectivity index (χ4v) is 1.52. The van der Waals surface area contributed by atoms with E-state index < -0.39 is 0 Å². The second-order valence-corrected chi connectivity index (χ2v) is 3.14.